The number of hydrogen-bond donors (Lipinski definition) is 2. The van der Waals surface area contributed by atoms with Gasteiger partial charge in [-0.15, -0.1) is 24.0 Å². The summed E-state index contributed by atoms with van der Waals surface area (Å²) in [7, 11) is 1.83. The number of pyridine rings is 1. The third kappa shape index (κ3) is 5.04. The number of nitrogens with one attached hydrogen (secondary N) is 2. The van der Waals surface area contributed by atoms with Crippen molar-refractivity contribution < 1.29 is 0 Å². The van der Waals surface area contributed by atoms with Crippen molar-refractivity contribution in [2.45, 2.75) is 32.4 Å². The molecule has 25 heavy (non-hydrogen) atoms. The van der Waals surface area contributed by atoms with Crippen molar-refractivity contribution in [1.82, 2.24) is 20.5 Å². The first-order valence-corrected chi connectivity index (χ1v) is 8.83. The Kier molecular flexibility index (Phi) is 7.90. The van der Waals surface area contributed by atoms with Gasteiger partial charge in [-0.25, -0.2) is 0 Å². The molecule has 3 rings (SSSR count). The molecular formula is C19H28IN5. The monoisotopic (exact) mass is 453 g/mol. The third-order valence-electron chi connectivity index (χ3n) is 4.82. The molecule has 1 unspecified atom stereocenters. The summed E-state index contributed by atoms with van der Waals surface area (Å²) in [6.07, 6.45) is 4.44. The molecule has 0 amide bonds. The Morgan fingerprint density at radius 3 is 2.92 bits per heavy atom. The standard InChI is InChI=1S/C19H27N5.HI/c1-3-24-12-6-7-16(24)14-23-19(20-2)22-13-15-10-11-21-18-9-5-4-8-17(15)18;/h4-5,8-11,16H,3,6-7,12-14H2,1-2H3,(H2,20,22,23);1H. The Morgan fingerprint density at radius 2 is 2.12 bits per heavy atom. The minimum absolute atomic E-state index is 0. The van der Waals surface area contributed by atoms with Gasteiger partial charge in [0, 0.05) is 37.8 Å². The largest absolute Gasteiger partial charge is 0.355 e. The van der Waals surface area contributed by atoms with Gasteiger partial charge in [0.2, 0.25) is 0 Å². The fourth-order valence-corrected chi connectivity index (χ4v) is 3.47. The van der Waals surface area contributed by atoms with Crippen molar-refractivity contribution in [3.63, 3.8) is 0 Å². The summed E-state index contributed by atoms with van der Waals surface area (Å²) < 4.78 is 0. The zero-order valence-electron chi connectivity index (χ0n) is 15.0. The van der Waals surface area contributed by atoms with Crippen LogP contribution < -0.4 is 10.6 Å². The number of halogens is 1. The lowest BCUT2D eigenvalue weighted by molar-refractivity contribution is 0.267. The van der Waals surface area contributed by atoms with Crippen molar-refractivity contribution >= 4 is 40.8 Å². The van der Waals surface area contributed by atoms with E-state index in [4.69, 9.17) is 0 Å². The number of likely N-dealkylation sites (tertiary alicyclic amines) is 1. The second-order valence-electron chi connectivity index (χ2n) is 6.22. The van der Waals surface area contributed by atoms with Crippen LogP contribution in [0.3, 0.4) is 0 Å². The van der Waals surface area contributed by atoms with E-state index in [1.807, 2.05) is 25.4 Å². The summed E-state index contributed by atoms with van der Waals surface area (Å²) in [5.74, 6) is 0.860. The zero-order valence-corrected chi connectivity index (χ0v) is 17.4. The smallest absolute Gasteiger partial charge is 0.191 e. The second-order valence-corrected chi connectivity index (χ2v) is 6.22. The molecule has 1 aliphatic rings. The van der Waals surface area contributed by atoms with Crippen molar-refractivity contribution in [2.24, 2.45) is 4.99 Å². The second kappa shape index (κ2) is 9.91. The average molecular weight is 453 g/mol. The molecule has 2 N–H and O–H groups in total. The molecule has 136 valence electrons. The lowest BCUT2D eigenvalue weighted by atomic mass is 10.1. The normalized spacial score (nSPS) is 18.2. The average Bonchev–Trinajstić information content (AvgIpc) is 3.09. The zero-order chi connectivity index (χ0) is 16.8. The lowest BCUT2D eigenvalue weighted by Gasteiger charge is -2.24. The Balaban J connectivity index is 0.00000225. The lowest BCUT2D eigenvalue weighted by Crippen LogP contribution is -2.44. The first-order chi connectivity index (χ1) is 11.8. The number of aliphatic imine (C=N–C) groups is 1. The molecule has 6 heteroatoms. The number of rotatable bonds is 5. The van der Waals surface area contributed by atoms with Crippen LogP contribution in [-0.4, -0.2) is 48.6 Å². The highest BCUT2D eigenvalue weighted by Gasteiger charge is 2.22. The fraction of sp³-hybridized carbons (Fsp3) is 0.474. The summed E-state index contributed by atoms with van der Waals surface area (Å²) in [5, 5.41) is 8.09. The van der Waals surface area contributed by atoms with Crippen LogP contribution in [0.2, 0.25) is 0 Å². The quantitative estimate of drug-likeness (QED) is 0.415. The maximum Gasteiger partial charge on any atom is 0.191 e. The van der Waals surface area contributed by atoms with Crippen molar-refractivity contribution in [1.29, 1.82) is 0 Å². The molecule has 0 spiro atoms. The van der Waals surface area contributed by atoms with E-state index in [2.05, 4.69) is 50.6 Å². The Morgan fingerprint density at radius 1 is 1.28 bits per heavy atom. The molecule has 1 fully saturated rings. The first kappa shape index (κ1) is 19.9. The van der Waals surface area contributed by atoms with E-state index in [9.17, 15) is 0 Å². The maximum atomic E-state index is 4.42. The summed E-state index contributed by atoms with van der Waals surface area (Å²) in [6, 6.07) is 10.9. The van der Waals surface area contributed by atoms with Gasteiger partial charge in [0.25, 0.3) is 0 Å². The molecule has 0 radical (unpaired) electrons. The highest BCUT2D eigenvalue weighted by atomic mass is 127. The van der Waals surface area contributed by atoms with Gasteiger partial charge in [-0.2, -0.15) is 0 Å². The van der Waals surface area contributed by atoms with Crippen LogP contribution in [0.15, 0.2) is 41.5 Å². The molecule has 2 heterocycles. The number of aromatic nitrogens is 1. The number of fused-ring (bicyclic) bond motifs is 1. The summed E-state index contributed by atoms with van der Waals surface area (Å²) >= 11 is 0. The van der Waals surface area contributed by atoms with Gasteiger partial charge in [0.15, 0.2) is 5.96 Å². The van der Waals surface area contributed by atoms with Gasteiger partial charge in [0.1, 0.15) is 0 Å². The van der Waals surface area contributed by atoms with Crippen LogP contribution in [0.1, 0.15) is 25.3 Å². The molecule has 0 bridgehead atoms. The first-order valence-electron chi connectivity index (χ1n) is 8.83. The van der Waals surface area contributed by atoms with Crippen LogP contribution >= 0.6 is 24.0 Å². The molecule has 0 saturated carbocycles. The fourth-order valence-electron chi connectivity index (χ4n) is 3.47. The Labute approximate surface area is 167 Å². The highest BCUT2D eigenvalue weighted by molar-refractivity contribution is 14.0. The number of guanidine groups is 1. The molecule has 0 aliphatic carbocycles. The van der Waals surface area contributed by atoms with E-state index in [0.717, 1.165) is 31.1 Å². The molecular weight excluding hydrogens is 425 g/mol. The minimum Gasteiger partial charge on any atom is -0.355 e. The SMILES string of the molecule is CCN1CCCC1CNC(=NC)NCc1ccnc2ccccc12.I. The van der Waals surface area contributed by atoms with E-state index >= 15 is 0 Å². The summed E-state index contributed by atoms with van der Waals surface area (Å²) in [6.45, 7) is 6.27. The maximum absolute atomic E-state index is 4.42. The molecule has 2 aromatic rings. The predicted octanol–water partition coefficient (Wildman–Crippen LogP) is 3.00. The number of likely N-dealkylation sites (N-methyl/N-ethyl adjacent to an activating group) is 1. The third-order valence-corrected chi connectivity index (χ3v) is 4.82. The van der Waals surface area contributed by atoms with Gasteiger partial charge in [0.05, 0.1) is 5.52 Å². The molecule has 1 saturated heterocycles. The summed E-state index contributed by atoms with van der Waals surface area (Å²) in [4.78, 5) is 11.3. The molecule has 1 atom stereocenters. The van der Waals surface area contributed by atoms with Crippen molar-refractivity contribution in [3.05, 3.63) is 42.1 Å². The molecule has 5 nitrogen and oxygen atoms in total. The molecule has 1 aromatic carbocycles. The van der Waals surface area contributed by atoms with E-state index in [1.54, 1.807) is 0 Å². The van der Waals surface area contributed by atoms with Gasteiger partial charge in [-0.05, 0) is 43.6 Å². The van der Waals surface area contributed by atoms with E-state index in [-0.39, 0.29) is 24.0 Å². The van der Waals surface area contributed by atoms with Crippen LogP contribution in [0, 0.1) is 0 Å². The van der Waals surface area contributed by atoms with Crippen LogP contribution in [0.5, 0.6) is 0 Å². The highest BCUT2D eigenvalue weighted by Crippen LogP contribution is 2.16. The Hall–Kier alpha value is -1.41. The Bertz CT molecular complexity index is 698. The number of hydrogen-bond acceptors (Lipinski definition) is 3. The van der Waals surface area contributed by atoms with E-state index in [0.29, 0.717) is 6.04 Å². The van der Waals surface area contributed by atoms with Crippen molar-refractivity contribution in [2.75, 3.05) is 26.7 Å². The number of nitrogens with zero attached hydrogens (tertiary/aromatic N) is 3. The number of benzene rings is 1. The van der Waals surface area contributed by atoms with Gasteiger partial charge < -0.3 is 10.6 Å². The minimum atomic E-state index is 0. The van der Waals surface area contributed by atoms with Crippen LogP contribution in [0.25, 0.3) is 10.9 Å². The van der Waals surface area contributed by atoms with Gasteiger partial charge >= 0.3 is 0 Å². The van der Waals surface area contributed by atoms with Gasteiger partial charge in [-0.3, -0.25) is 14.9 Å². The molecule has 1 aliphatic heterocycles. The predicted molar refractivity (Wildman–Crippen MR) is 116 cm³/mol. The van der Waals surface area contributed by atoms with Crippen LogP contribution in [-0.2, 0) is 6.54 Å². The molecule has 1 aromatic heterocycles. The summed E-state index contributed by atoms with van der Waals surface area (Å²) in [5.41, 5.74) is 2.27. The van der Waals surface area contributed by atoms with Gasteiger partial charge in [-0.1, -0.05) is 25.1 Å². The topological polar surface area (TPSA) is 52.5 Å². The van der Waals surface area contributed by atoms with Crippen molar-refractivity contribution in [3.8, 4) is 0 Å². The number of para-hydroxylation sites is 1. The van der Waals surface area contributed by atoms with E-state index < -0.39 is 0 Å². The van der Waals surface area contributed by atoms with E-state index in [1.165, 1.54) is 30.3 Å². The van der Waals surface area contributed by atoms with Crippen LogP contribution in [0.4, 0.5) is 0 Å².